The molecule has 0 N–H and O–H groups in total. The third-order valence-corrected chi connectivity index (χ3v) is 2.66. The molecule has 19 heavy (non-hydrogen) atoms. The first-order chi connectivity index (χ1) is 9.24. The van der Waals surface area contributed by atoms with Gasteiger partial charge in [0.15, 0.2) is 0 Å². The minimum absolute atomic E-state index is 0.331. The van der Waals surface area contributed by atoms with Gasteiger partial charge in [0.05, 0.1) is 6.61 Å². The van der Waals surface area contributed by atoms with Crippen molar-refractivity contribution in [2.24, 2.45) is 0 Å². The zero-order valence-electron chi connectivity index (χ0n) is 10.9. The van der Waals surface area contributed by atoms with Gasteiger partial charge in [0.1, 0.15) is 17.4 Å². The molecule has 0 unspecified atom stereocenters. The van der Waals surface area contributed by atoms with E-state index < -0.39 is 0 Å². The van der Waals surface area contributed by atoms with Crippen LogP contribution in [0, 0.1) is 18.3 Å². The number of ether oxygens (including phenoxy) is 2. The van der Waals surface area contributed by atoms with Crippen LogP contribution in [-0.2, 0) is 11.3 Å². The van der Waals surface area contributed by atoms with Crippen LogP contribution in [0.1, 0.15) is 16.7 Å². The number of nitrogens with zero attached hydrogens (tertiary/aromatic N) is 2. The Balaban J connectivity index is 2.29. The first kappa shape index (κ1) is 13.1. The third-order valence-electron chi connectivity index (χ3n) is 2.66. The highest BCUT2D eigenvalue weighted by Gasteiger charge is 2.09. The van der Waals surface area contributed by atoms with Gasteiger partial charge in [0.25, 0.3) is 0 Å². The zero-order chi connectivity index (χ0) is 13.7. The Bertz CT molecular complexity index is 618. The molecule has 4 heteroatoms. The maximum Gasteiger partial charge on any atom is 0.237 e. The van der Waals surface area contributed by atoms with E-state index in [-0.39, 0.29) is 0 Å². The molecule has 2 aromatic rings. The largest absolute Gasteiger partial charge is 0.438 e. The van der Waals surface area contributed by atoms with E-state index in [1.807, 2.05) is 31.2 Å². The highest BCUT2D eigenvalue weighted by molar-refractivity contribution is 5.45. The van der Waals surface area contributed by atoms with Crippen molar-refractivity contribution in [3.05, 3.63) is 53.2 Å². The first-order valence-electron chi connectivity index (χ1n) is 5.86. The average molecular weight is 254 g/mol. The second kappa shape index (κ2) is 5.98. The lowest BCUT2D eigenvalue weighted by molar-refractivity contribution is 0.184. The molecule has 0 radical (unpaired) electrons. The molecule has 0 bridgehead atoms. The van der Waals surface area contributed by atoms with Gasteiger partial charge in [0.2, 0.25) is 5.88 Å². The second-order valence-electron chi connectivity index (χ2n) is 4.10. The van der Waals surface area contributed by atoms with Crippen molar-refractivity contribution in [2.45, 2.75) is 13.5 Å². The van der Waals surface area contributed by atoms with Crippen LogP contribution in [0.15, 0.2) is 36.5 Å². The minimum atomic E-state index is 0.331. The molecule has 1 aromatic heterocycles. The predicted molar refractivity (Wildman–Crippen MR) is 70.9 cm³/mol. The summed E-state index contributed by atoms with van der Waals surface area (Å²) in [5.41, 5.74) is 2.31. The Morgan fingerprint density at radius 3 is 2.89 bits per heavy atom. The molecule has 96 valence electrons. The fraction of sp³-hybridized carbons (Fsp3) is 0.200. The van der Waals surface area contributed by atoms with Crippen LogP contribution in [0.3, 0.4) is 0 Å². The summed E-state index contributed by atoms with van der Waals surface area (Å²) in [6.07, 6.45) is 1.63. The minimum Gasteiger partial charge on any atom is -0.438 e. The first-order valence-corrected chi connectivity index (χ1v) is 5.86. The molecule has 0 aliphatic carbocycles. The van der Waals surface area contributed by atoms with Crippen molar-refractivity contribution in [3.8, 4) is 17.7 Å². The summed E-state index contributed by atoms with van der Waals surface area (Å²) in [4.78, 5) is 4.11. The lowest BCUT2D eigenvalue weighted by Gasteiger charge is -2.08. The van der Waals surface area contributed by atoms with E-state index in [1.54, 1.807) is 19.4 Å². The van der Waals surface area contributed by atoms with E-state index in [1.165, 1.54) is 0 Å². The lowest BCUT2D eigenvalue weighted by atomic mass is 10.2. The fourth-order valence-corrected chi connectivity index (χ4v) is 1.72. The maximum atomic E-state index is 9.13. The molecule has 0 spiro atoms. The van der Waals surface area contributed by atoms with Gasteiger partial charge in [-0.15, -0.1) is 0 Å². The molecule has 0 aliphatic rings. The van der Waals surface area contributed by atoms with Crippen molar-refractivity contribution in [2.75, 3.05) is 7.11 Å². The van der Waals surface area contributed by atoms with Crippen molar-refractivity contribution in [1.29, 1.82) is 5.26 Å². The van der Waals surface area contributed by atoms with Crippen LogP contribution in [0.4, 0.5) is 0 Å². The predicted octanol–water partition coefficient (Wildman–Crippen LogP) is 3.20. The van der Waals surface area contributed by atoms with Gasteiger partial charge < -0.3 is 9.47 Å². The number of nitriles is 1. The number of pyridine rings is 1. The molecule has 4 nitrogen and oxygen atoms in total. The smallest absolute Gasteiger partial charge is 0.237 e. The third kappa shape index (κ3) is 3.09. The number of aryl methyl sites for hydroxylation is 1. The molecule has 0 saturated heterocycles. The number of hydrogen-bond acceptors (Lipinski definition) is 4. The standard InChI is InChI=1S/C15H14N2O2/c1-11-6-7-17-15(14(11)9-16)19-13-5-3-4-12(8-13)10-18-2/h3-8H,10H2,1-2H3. The monoisotopic (exact) mass is 254 g/mol. The summed E-state index contributed by atoms with van der Waals surface area (Å²) in [7, 11) is 1.64. The van der Waals surface area contributed by atoms with Gasteiger partial charge in [-0.2, -0.15) is 5.26 Å². The van der Waals surface area contributed by atoms with E-state index in [2.05, 4.69) is 11.1 Å². The molecular weight excluding hydrogens is 240 g/mol. The van der Waals surface area contributed by atoms with Gasteiger partial charge in [-0.3, -0.25) is 0 Å². The van der Waals surface area contributed by atoms with Gasteiger partial charge in [-0.05, 0) is 36.2 Å². The Kier molecular flexibility index (Phi) is 4.11. The van der Waals surface area contributed by atoms with Gasteiger partial charge in [-0.1, -0.05) is 12.1 Å². The molecule has 2 rings (SSSR count). The van der Waals surface area contributed by atoms with E-state index in [9.17, 15) is 0 Å². The molecule has 0 amide bonds. The van der Waals surface area contributed by atoms with Crippen molar-refractivity contribution >= 4 is 0 Å². The number of benzene rings is 1. The summed E-state index contributed by atoms with van der Waals surface area (Å²) in [6.45, 7) is 2.37. The molecule has 0 fully saturated rings. The Hall–Kier alpha value is -2.38. The quantitative estimate of drug-likeness (QED) is 0.840. The number of hydrogen-bond donors (Lipinski definition) is 0. The van der Waals surface area contributed by atoms with Gasteiger partial charge in [-0.25, -0.2) is 4.98 Å². The molecule has 0 saturated carbocycles. The fourth-order valence-electron chi connectivity index (χ4n) is 1.72. The molecule has 1 heterocycles. The van der Waals surface area contributed by atoms with Crippen LogP contribution < -0.4 is 4.74 Å². The number of aromatic nitrogens is 1. The Morgan fingerprint density at radius 1 is 1.32 bits per heavy atom. The summed E-state index contributed by atoms with van der Waals surface area (Å²) in [5.74, 6) is 0.973. The molecule has 1 aromatic carbocycles. The Morgan fingerprint density at radius 2 is 2.16 bits per heavy atom. The topological polar surface area (TPSA) is 55.1 Å². The normalized spacial score (nSPS) is 9.95. The highest BCUT2D eigenvalue weighted by Crippen LogP contribution is 2.25. The van der Waals surface area contributed by atoms with Crippen LogP contribution >= 0.6 is 0 Å². The van der Waals surface area contributed by atoms with E-state index >= 15 is 0 Å². The van der Waals surface area contributed by atoms with Crippen LogP contribution in [-0.4, -0.2) is 12.1 Å². The summed E-state index contributed by atoms with van der Waals surface area (Å²) >= 11 is 0. The molecule has 0 aliphatic heterocycles. The Labute approximate surface area is 112 Å². The summed E-state index contributed by atoms with van der Waals surface area (Å²) < 4.78 is 10.8. The molecular formula is C15H14N2O2. The number of methoxy groups -OCH3 is 1. The van der Waals surface area contributed by atoms with Crippen LogP contribution in [0.5, 0.6) is 11.6 Å². The zero-order valence-corrected chi connectivity index (χ0v) is 10.9. The number of rotatable bonds is 4. The van der Waals surface area contributed by atoms with Gasteiger partial charge in [0, 0.05) is 13.3 Å². The summed E-state index contributed by atoms with van der Waals surface area (Å²) in [5, 5.41) is 9.13. The van der Waals surface area contributed by atoms with Crippen molar-refractivity contribution in [1.82, 2.24) is 4.98 Å². The SMILES string of the molecule is COCc1cccc(Oc2nccc(C)c2C#N)c1. The highest BCUT2D eigenvalue weighted by atomic mass is 16.5. The van der Waals surface area contributed by atoms with E-state index in [0.29, 0.717) is 23.8 Å². The summed E-state index contributed by atoms with van der Waals surface area (Å²) in [6, 6.07) is 11.4. The van der Waals surface area contributed by atoms with Crippen molar-refractivity contribution < 1.29 is 9.47 Å². The van der Waals surface area contributed by atoms with Gasteiger partial charge >= 0.3 is 0 Å². The van der Waals surface area contributed by atoms with Crippen LogP contribution in [0.25, 0.3) is 0 Å². The second-order valence-corrected chi connectivity index (χ2v) is 4.10. The van der Waals surface area contributed by atoms with Crippen LogP contribution in [0.2, 0.25) is 0 Å². The average Bonchev–Trinajstić information content (AvgIpc) is 2.40. The molecule has 0 atom stereocenters. The van der Waals surface area contributed by atoms with E-state index in [0.717, 1.165) is 11.1 Å². The maximum absolute atomic E-state index is 9.13. The van der Waals surface area contributed by atoms with Crippen molar-refractivity contribution in [3.63, 3.8) is 0 Å². The lowest BCUT2D eigenvalue weighted by Crippen LogP contribution is -1.95. The van der Waals surface area contributed by atoms with E-state index in [4.69, 9.17) is 14.7 Å².